The average Bonchev–Trinajstić information content (AvgIpc) is 2.53. The summed E-state index contributed by atoms with van der Waals surface area (Å²) in [7, 11) is 2.81. The molecule has 0 bridgehead atoms. The Morgan fingerprint density at radius 2 is 1.82 bits per heavy atom. The summed E-state index contributed by atoms with van der Waals surface area (Å²) in [5.41, 5.74) is -0.185. The first-order valence-corrected chi connectivity index (χ1v) is 5.90. The standard InChI is InChI=1S/C13H13N3O5.Li.H/c1-20-8-6-9(21-2)16-12(15-8)11(17)7-4-3-5-14-10(7)13(18)19;;/h3-6,11,17H,1-2H3,(H,18,19);;. The number of methoxy groups -OCH3 is 2. The molecule has 2 aromatic heterocycles. The van der Waals surface area contributed by atoms with Crippen LogP contribution >= 0.6 is 0 Å². The molecular weight excluding hydrogens is 285 g/mol. The molecule has 0 aromatic carbocycles. The second kappa shape index (κ2) is 7.75. The number of aromatic carboxylic acids is 1. The van der Waals surface area contributed by atoms with E-state index in [0.717, 1.165) is 0 Å². The molecule has 0 saturated heterocycles. The molecule has 22 heavy (non-hydrogen) atoms. The van der Waals surface area contributed by atoms with E-state index in [1.807, 2.05) is 0 Å². The van der Waals surface area contributed by atoms with Gasteiger partial charge in [0.05, 0.1) is 20.3 Å². The van der Waals surface area contributed by atoms with Gasteiger partial charge in [-0.3, -0.25) is 0 Å². The number of carboxylic acids is 1. The van der Waals surface area contributed by atoms with E-state index in [-0.39, 0.29) is 47.7 Å². The molecule has 0 aliphatic heterocycles. The van der Waals surface area contributed by atoms with E-state index in [1.165, 1.54) is 38.6 Å². The second-order valence-corrected chi connectivity index (χ2v) is 3.96. The number of carbonyl (C=O) groups is 1. The normalized spacial score (nSPS) is 11.2. The number of rotatable bonds is 5. The fourth-order valence-electron chi connectivity index (χ4n) is 1.71. The molecule has 112 valence electrons. The van der Waals surface area contributed by atoms with Crippen LogP contribution in [0.2, 0.25) is 0 Å². The Balaban J connectivity index is 0.00000242. The molecular formula is C13H14LiN3O5. The van der Waals surface area contributed by atoms with Gasteiger partial charge >= 0.3 is 24.8 Å². The van der Waals surface area contributed by atoms with Gasteiger partial charge < -0.3 is 19.7 Å². The molecule has 2 heterocycles. The molecule has 0 aliphatic rings. The third kappa shape index (κ3) is 3.74. The zero-order valence-electron chi connectivity index (χ0n) is 11.3. The van der Waals surface area contributed by atoms with E-state index in [0.29, 0.717) is 0 Å². The number of hydrogen-bond acceptors (Lipinski definition) is 7. The van der Waals surface area contributed by atoms with Crippen LogP contribution in [-0.2, 0) is 0 Å². The molecule has 0 aliphatic carbocycles. The second-order valence-electron chi connectivity index (χ2n) is 3.96. The van der Waals surface area contributed by atoms with E-state index in [1.54, 1.807) is 0 Å². The summed E-state index contributed by atoms with van der Waals surface area (Å²) < 4.78 is 9.97. The van der Waals surface area contributed by atoms with Crippen molar-refractivity contribution in [3.05, 3.63) is 41.5 Å². The van der Waals surface area contributed by atoms with Gasteiger partial charge in [0.2, 0.25) is 11.8 Å². The number of carboxylic acid groups (broad SMARTS) is 1. The molecule has 2 N–H and O–H groups in total. The van der Waals surface area contributed by atoms with Crippen LogP contribution in [0.15, 0.2) is 24.4 Å². The van der Waals surface area contributed by atoms with Crippen LogP contribution in [0.25, 0.3) is 0 Å². The van der Waals surface area contributed by atoms with Crippen molar-refractivity contribution in [1.82, 2.24) is 15.0 Å². The van der Waals surface area contributed by atoms with Crippen molar-refractivity contribution >= 4 is 24.8 Å². The number of hydrogen-bond donors (Lipinski definition) is 2. The van der Waals surface area contributed by atoms with Gasteiger partial charge in [0, 0.05) is 11.8 Å². The fraction of sp³-hybridized carbons (Fsp3) is 0.231. The third-order valence-corrected chi connectivity index (χ3v) is 2.70. The minimum absolute atomic E-state index is 0. The van der Waals surface area contributed by atoms with Crippen molar-refractivity contribution in [2.75, 3.05) is 14.2 Å². The molecule has 0 fully saturated rings. The summed E-state index contributed by atoms with van der Waals surface area (Å²) >= 11 is 0. The molecule has 1 unspecified atom stereocenters. The van der Waals surface area contributed by atoms with E-state index >= 15 is 0 Å². The monoisotopic (exact) mass is 299 g/mol. The topological polar surface area (TPSA) is 115 Å². The Morgan fingerprint density at radius 3 is 2.32 bits per heavy atom. The predicted molar refractivity (Wildman–Crippen MR) is 77.5 cm³/mol. The van der Waals surface area contributed by atoms with Crippen LogP contribution in [0, 0.1) is 0 Å². The first-order chi connectivity index (χ1) is 10.1. The van der Waals surface area contributed by atoms with Gasteiger partial charge in [-0.15, -0.1) is 0 Å². The van der Waals surface area contributed by atoms with Crippen molar-refractivity contribution in [1.29, 1.82) is 0 Å². The van der Waals surface area contributed by atoms with E-state index in [9.17, 15) is 9.90 Å². The van der Waals surface area contributed by atoms with Crippen molar-refractivity contribution in [2.45, 2.75) is 6.10 Å². The summed E-state index contributed by atoms with van der Waals surface area (Å²) in [6.07, 6.45) is -0.0408. The van der Waals surface area contributed by atoms with Crippen LogP contribution in [0.1, 0.15) is 28.0 Å². The van der Waals surface area contributed by atoms with Gasteiger partial charge in [-0.1, -0.05) is 6.07 Å². The Labute approximate surface area is 138 Å². The first-order valence-electron chi connectivity index (χ1n) is 5.90. The molecule has 0 spiro atoms. The molecule has 0 radical (unpaired) electrons. The molecule has 2 aromatic rings. The number of aliphatic hydroxyl groups is 1. The number of aromatic nitrogens is 3. The maximum absolute atomic E-state index is 11.1. The SMILES string of the molecule is COc1cc(OC)nc(C(O)c2cccnc2C(=O)O)n1.[LiH]. The molecule has 9 heteroatoms. The first kappa shape index (κ1) is 17.9. The summed E-state index contributed by atoms with van der Waals surface area (Å²) in [6, 6.07) is 4.40. The van der Waals surface area contributed by atoms with Crippen molar-refractivity contribution < 1.29 is 24.5 Å². The predicted octanol–water partition coefficient (Wildman–Crippen LogP) is 0.0202. The Kier molecular flexibility index (Phi) is 6.31. The van der Waals surface area contributed by atoms with E-state index in [2.05, 4.69) is 15.0 Å². The van der Waals surface area contributed by atoms with Crippen molar-refractivity contribution in [3.63, 3.8) is 0 Å². The molecule has 0 amide bonds. The van der Waals surface area contributed by atoms with Crippen LogP contribution in [0.5, 0.6) is 11.8 Å². The van der Waals surface area contributed by atoms with Crippen molar-refractivity contribution in [2.24, 2.45) is 0 Å². The maximum atomic E-state index is 11.1. The summed E-state index contributed by atoms with van der Waals surface area (Å²) in [4.78, 5) is 22.9. The summed E-state index contributed by atoms with van der Waals surface area (Å²) in [5.74, 6) is -0.908. The third-order valence-electron chi connectivity index (χ3n) is 2.70. The van der Waals surface area contributed by atoms with Gasteiger partial charge in [0.1, 0.15) is 6.10 Å². The van der Waals surface area contributed by atoms with Crippen LogP contribution in [0.3, 0.4) is 0 Å². The summed E-state index contributed by atoms with van der Waals surface area (Å²) in [5, 5.41) is 19.4. The minimum atomic E-state index is -1.37. The fourth-order valence-corrected chi connectivity index (χ4v) is 1.71. The Morgan fingerprint density at radius 1 is 1.23 bits per heavy atom. The molecule has 0 saturated carbocycles. The quantitative estimate of drug-likeness (QED) is 0.743. The molecule has 8 nitrogen and oxygen atoms in total. The van der Waals surface area contributed by atoms with E-state index in [4.69, 9.17) is 14.6 Å². The number of aliphatic hydroxyl groups excluding tert-OH is 1. The van der Waals surface area contributed by atoms with Gasteiger partial charge in [0.25, 0.3) is 0 Å². The van der Waals surface area contributed by atoms with Crippen LogP contribution in [0.4, 0.5) is 0 Å². The van der Waals surface area contributed by atoms with E-state index < -0.39 is 12.1 Å². The Bertz CT molecular complexity index is 646. The number of pyridine rings is 1. The molecule has 1 atom stereocenters. The van der Waals surface area contributed by atoms with Gasteiger partial charge in [-0.05, 0) is 6.07 Å². The van der Waals surface area contributed by atoms with Crippen molar-refractivity contribution in [3.8, 4) is 11.8 Å². The van der Waals surface area contributed by atoms with Gasteiger partial charge in [-0.25, -0.2) is 9.78 Å². The zero-order chi connectivity index (χ0) is 15.4. The average molecular weight is 299 g/mol. The van der Waals surface area contributed by atoms with Gasteiger partial charge in [-0.2, -0.15) is 9.97 Å². The zero-order valence-corrected chi connectivity index (χ0v) is 11.3. The van der Waals surface area contributed by atoms with Crippen LogP contribution in [-0.4, -0.2) is 64.2 Å². The molecule has 2 rings (SSSR count). The van der Waals surface area contributed by atoms with Crippen LogP contribution < -0.4 is 9.47 Å². The number of nitrogens with zero attached hydrogens (tertiary/aromatic N) is 3. The number of ether oxygens (including phenoxy) is 2. The summed E-state index contributed by atoms with van der Waals surface area (Å²) in [6.45, 7) is 0. The Hall–Kier alpha value is -2.14. The van der Waals surface area contributed by atoms with Gasteiger partial charge in [0.15, 0.2) is 11.5 Å².